The summed E-state index contributed by atoms with van der Waals surface area (Å²) in [4.78, 5) is 15.4. The molecule has 0 bridgehead atoms. The standard InChI is InChI=1S/C14H26N6O/c1-5-15-12-17-13(19-14(18-12)21-10(2)3)16-11-6-8-20(4)9-7-11/h10-11H,5-9H2,1-4H3,(H2,15,16,17,18,19). The van der Waals surface area contributed by atoms with Crippen LogP contribution in [0, 0.1) is 0 Å². The van der Waals surface area contributed by atoms with Crippen LogP contribution in [0.2, 0.25) is 0 Å². The van der Waals surface area contributed by atoms with Crippen molar-refractivity contribution in [1.82, 2.24) is 19.9 Å². The van der Waals surface area contributed by atoms with Gasteiger partial charge in [0.2, 0.25) is 11.9 Å². The van der Waals surface area contributed by atoms with Crippen LogP contribution in [0.5, 0.6) is 6.01 Å². The zero-order valence-corrected chi connectivity index (χ0v) is 13.4. The molecule has 0 atom stereocenters. The number of nitrogens with zero attached hydrogens (tertiary/aromatic N) is 4. The third kappa shape index (κ3) is 5.00. The number of hydrogen-bond donors (Lipinski definition) is 2. The Balaban J connectivity index is 2.07. The maximum absolute atomic E-state index is 5.60. The van der Waals surface area contributed by atoms with Gasteiger partial charge in [0, 0.05) is 12.6 Å². The first kappa shape index (κ1) is 15.8. The van der Waals surface area contributed by atoms with Gasteiger partial charge in [0.15, 0.2) is 0 Å². The van der Waals surface area contributed by atoms with Crippen LogP contribution < -0.4 is 15.4 Å². The van der Waals surface area contributed by atoms with Crippen LogP contribution in [0.4, 0.5) is 11.9 Å². The van der Waals surface area contributed by atoms with Crippen LogP contribution in [0.15, 0.2) is 0 Å². The first-order valence-corrected chi connectivity index (χ1v) is 7.68. The van der Waals surface area contributed by atoms with E-state index in [1.807, 2.05) is 20.8 Å². The molecule has 0 aliphatic carbocycles. The lowest BCUT2D eigenvalue weighted by atomic mass is 10.1. The van der Waals surface area contributed by atoms with Gasteiger partial charge in [-0.1, -0.05) is 0 Å². The molecule has 2 heterocycles. The SMILES string of the molecule is CCNc1nc(NC2CCN(C)CC2)nc(OC(C)C)n1. The number of hydrogen-bond acceptors (Lipinski definition) is 7. The number of likely N-dealkylation sites (tertiary alicyclic amines) is 1. The highest BCUT2D eigenvalue weighted by Crippen LogP contribution is 2.17. The number of anilines is 2. The number of ether oxygens (including phenoxy) is 1. The maximum atomic E-state index is 5.60. The van der Waals surface area contributed by atoms with Gasteiger partial charge in [0.1, 0.15) is 0 Å². The minimum atomic E-state index is 0.0399. The molecule has 7 nitrogen and oxygen atoms in total. The van der Waals surface area contributed by atoms with Crippen molar-refractivity contribution in [2.75, 3.05) is 37.3 Å². The summed E-state index contributed by atoms with van der Waals surface area (Å²) >= 11 is 0. The molecule has 2 rings (SSSR count). The molecule has 118 valence electrons. The van der Waals surface area contributed by atoms with E-state index in [9.17, 15) is 0 Å². The fraction of sp³-hybridized carbons (Fsp3) is 0.786. The largest absolute Gasteiger partial charge is 0.461 e. The van der Waals surface area contributed by atoms with Gasteiger partial charge in [-0.2, -0.15) is 15.0 Å². The fourth-order valence-electron chi connectivity index (χ4n) is 2.26. The lowest BCUT2D eigenvalue weighted by molar-refractivity contribution is 0.222. The van der Waals surface area contributed by atoms with Crippen LogP contribution in [-0.2, 0) is 0 Å². The Morgan fingerprint density at radius 3 is 2.48 bits per heavy atom. The summed E-state index contributed by atoms with van der Waals surface area (Å²) in [5.41, 5.74) is 0. The molecule has 1 aliphatic heterocycles. The summed E-state index contributed by atoms with van der Waals surface area (Å²) in [6.45, 7) is 8.88. The van der Waals surface area contributed by atoms with Gasteiger partial charge in [-0.25, -0.2) is 0 Å². The van der Waals surface area contributed by atoms with Crippen molar-refractivity contribution in [1.29, 1.82) is 0 Å². The second kappa shape index (κ2) is 7.40. The molecule has 7 heteroatoms. The molecule has 0 aromatic carbocycles. The highest BCUT2D eigenvalue weighted by molar-refractivity contribution is 5.36. The van der Waals surface area contributed by atoms with Crippen LogP contribution in [0.1, 0.15) is 33.6 Å². The smallest absolute Gasteiger partial charge is 0.323 e. The predicted molar refractivity (Wildman–Crippen MR) is 83.9 cm³/mol. The number of piperidine rings is 1. The zero-order chi connectivity index (χ0) is 15.2. The normalized spacial score (nSPS) is 17.0. The minimum Gasteiger partial charge on any atom is -0.461 e. The number of rotatable bonds is 6. The first-order chi connectivity index (χ1) is 10.1. The highest BCUT2D eigenvalue weighted by Gasteiger charge is 2.18. The minimum absolute atomic E-state index is 0.0399. The Kier molecular flexibility index (Phi) is 5.55. The van der Waals surface area contributed by atoms with Gasteiger partial charge in [-0.05, 0) is 53.8 Å². The van der Waals surface area contributed by atoms with Crippen LogP contribution in [-0.4, -0.2) is 58.7 Å². The molecule has 0 unspecified atom stereocenters. The summed E-state index contributed by atoms with van der Waals surface area (Å²) in [6, 6.07) is 0.774. The van der Waals surface area contributed by atoms with Crippen LogP contribution in [0.3, 0.4) is 0 Å². The molecule has 2 N–H and O–H groups in total. The van der Waals surface area contributed by atoms with Crippen molar-refractivity contribution in [3.05, 3.63) is 0 Å². The van der Waals surface area contributed by atoms with E-state index in [1.54, 1.807) is 0 Å². The van der Waals surface area contributed by atoms with E-state index in [1.165, 1.54) is 0 Å². The average Bonchev–Trinajstić information content (AvgIpc) is 2.41. The molecule has 1 aliphatic rings. The second-order valence-electron chi connectivity index (χ2n) is 5.68. The van der Waals surface area contributed by atoms with Crippen LogP contribution in [0.25, 0.3) is 0 Å². The number of aromatic nitrogens is 3. The molecule has 21 heavy (non-hydrogen) atoms. The van der Waals surface area contributed by atoms with Crippen molar-refractivity contribution in [2.24, 2.45) is 0 Å². The van der Waals surface area contributed by atoms with Crippen LogP contribution >= 0.6 is 0 Å². The van der Waals surface area contributed by atoms with Gasteiger partial charge in [0.25, 0.3) is 0 Å². The Bertz CT molecular complexity index is 445. The highest BCUT2D eigenvalue weighted by atomic mass is 16.5. The monoisotopic (exact) mass is 294 g/mol. The van der Waals surface area contributed by atoms with E-state index < -0.39 is 0 Å². The second-order valence-corrected chi connectivity index (χ2v) is 5.68. The molecular formula is C14H26N6O. The van der Waals surface area contributed by atoms with E-state index in [0.29, 0.717) is 23.9 Å². The van der Waals surface area contributed by atoms with Gasteiger partial charge < -0.3 is 20.3 Å². The van der Waals surface area contributed by atoms with E-state index in [-0.39, 0.29) is 6.10 Å². The lowest BCUT2D eigenvalue weighted by Gasteiger charge is -2.29. The van der Waals surface area contributed by atoms with E-state index >= 15 is 0 Å². The van der Waals surface area contributed by atoms with Crippen molar-refractivity contribution in [3.63, 3.8) is 0 Å². The zero-order valence-electron chi connectivity index (χ0n) is 13.4. The summed E-state index contributed by atoms with van der Waals surface area (Å²) in [5, 5.41) is 6.52. The Labute approximate surface area is 126 Å². The van der Waals surface area contributed by atoms with Crippen molar-refractivity contribution in [2.45, 2.75) is 45.8 Å². The van der Waals surface area contributed by atoms with E-state index in [0.717, 1.165) is 32.5 Å². The van der Waals surface area contributed by atoms with Crippen molar-refractivity contribution in [3.8, 4) is 6.01 Å². The Morgan fingerprint density at radius 2 is 1.86 bits per heavy atom. The summed E-state index contributed by atoms with van der Waals surface area (Å²) in [6.07, 6.45) is 2.23. The summed E-state index contributed by atoms with van der Waals surface area (Å²) in [5.74, 6) is 1.14. The average molecular weight is 294 g/mol. The maximum Gasteiger partial charge on any atom is 0.323 e. The fourth-order valence-corrected chi connectivity index (χ4v) is 2.26. The van der Waals surface area contributed by atoms with E-state index in [2.05, 4.69) is 37.5 Å². The quantitative estimate of drug-likeness (QED) is 0.825. The molecule has 1 aromatic heterocycles. The molecule has 0 radical (unpaired) electrons. The third-order valence-corrected chi connectivity index (χ3v) is 3.34. The Morgan fingerprint density at radius 1 is 1.19 bits per heavy atom. The molecule has 0 saturated carbocycles. The van der Waals surface area contributed by atoms with Gasteiger partial charge in [0.05, 0.1) is 6.10 Å². The topological polar surface area (TPSA) is 75.2 Å². The van der Waals surface area contributed by atoms with Crippen molar-refractivity contribution >= 4 is 11.9 Å². The lowest BCUT2D eigenvalue weighted by Crippen LogP contribution is -2.37. The molecule has 0 spiro atoms. The molecule has 1 aromatic rings. The van der Waals surface area contributed by atoms with Gasteiger partial charge in [-0.3, -0.25) is 0 Å². The third-order valence-electron chi connectivity index (χ3n) is 3.34. The van der Waals surface area contributed by atoms with Gasteiger partial charge >= 0.3 is 6.01 Å². The van der Waals surface area contributed by atoms with E-state index in [4.69, 9.17) is 4.74 Å². The first-order valence-electron chi connectivity index (χ1n) is 7.68. The molecule has 1 fully saturated rings. The summed E-state index contributed by atoms with van der Waals surface area (Å²) in [7, 11) is 2.15. The summed E-state index contributed by atoms with van der Waals surface area (Å²) < 4.78 is 5.60. The number of nitrogens with one attached hydrogen (secondary N) is 2. The van der Waals surface area contributed by atoms with Crippen molar-refractivity contribution < 1.29 is 4.74 Å². The van der Waals surface area contributed by atoms with Gasteiger partial charge in [-0.15, -0.1) is 0 Å². The molecule has 0 amide bonds. The molecule has 1 saturated heterocycles. The molecular weight excluding hydrogens is 268 g/mol. The Hall–Kier alpha value is -1.63. The predicted octanol–water partition coefficient (Wildman–Crippen LogP) is 1.60.